The molecule has 1 atom stereocenters. The maximum Gasteiger partial charge on any atom is 0.242 e. The number of halogens is 3. The molecule has 1 saturated heterocycles. The first kappa shape index (κ1) is 27.8. The molecule has 0 radical (unpaired) electrons. The number of hydrogen-bond acceptors (Lipinski definition) is 5. The molecule has 8 nitrogen and oxygen atoms in total. The fourth-order valence-electron chi connectivity index (χ4n) is 6.35. The lowest BCUT2D eigenvalue weighted by Gasteiger charge is -2.54. The molecule has 11 heteroatoms. The Bertz CT molecular complexity index is 1660. The van der Waals surface area contributed by atoms with Crippen LogP contribution in [0.15, 0.2) is 41.0 Å². The molecule has 2 aliphatic heterocycles. The van der Waals surface area contributed by atoms with Crippen molar-refractivity contribution in [2.75, 3.05) is 18.8 Å². The highest BCUT2D eigenvalue weighted by molar-refractivity contribution is 9.10. The summed E-state index contributed by atoms with van der Waals surface area (Å²) in [4.78, 5) is 18.2. The minimum Gasteiger partial charge on any atom is -0.396 e. The predicted octanol–water partition coefficient (Wildman–Crippen LogP) is 5.23. The number of aromatic nitrogens is 4. The van der Waals surface area contributed by atoms with Gasteiger partial charge in [0.2, 0.25) is 5.91 Å². The summed E-state index contributed by atoms with van der Waals surface area (Å²) in [5.41, 5.74) is 9.64. The van der Waals surface area contributed by atoms with Crippen LogP contribution in [0.1, 0.15) is 39.0 Å². The summed E-state index contributed by atoms with van der Waals surface area (Å²) in [5, 5.41) is 9.54. The first-order chi connectivity index (χ1) is 19.5. The zero-order chi connectivity index (χ0) is 29.2. The smallest absolute Gasteiger partial charge is 0.242 e. The van der Waals surface area contributed by atoms with E-state index in [1.807, 2.05) is 11.0 Å². The summed E-state index contributed by atoms with van der Waals surface area (Å²) >= 11 is 2.87. The summed E-state index contributed by atoms with van der Waals surface area (Å²) in [5.74, 6) is -1.58. The fraction of sp³-hybridized carbons (Fsp3) is 0.433. The maximum absolute atomic E-state index is 14.4. The molecular formula is C30H34BrF2N7O. The standard InChI is InChI=1S/C30H34BrF2N7O/c1-17(2)37-10-9-24-20(12-37)18-7-5-6-8-23(18)39(24)15-26(41)40-16-30(3,4)25(40)14-38-13-22(35-36-38)19-11-21(32)27(31)28(33)29(19)34/h5-8,11,13,17,25H,9-10,12,14-16,34H2,1-4H3. The molecule has 0 saturated carbocycles. The second-order valence-electron chi connectivity index (χ2n) is 12.1. The Morgan fingerprint density at radius 2 is 2.00 bits per heavy atom. The average Bonchev–Trinajstić information content (AvgIpc) is 3.54. The molecule has 216 valence electrons. The molecule has 41 heavy (non-hydrogen) atoms. The number of nitrogen functional groups attached to an aromatic ring is 1. The molecule has 0 spiro atoms. The van der Waals surface area contributed by atoms with Gasteiger partial charge in [0.05, 0.1) is 28.9 Å². The highest BCUT2D eigenvalue weighted by Gasteiger charge is 2.48. The molecule has 2 N–H and O–H groups in total. The molecule has 0 bridgehead atoms. The maximum atomic E-state index is 14.4. The third-order valence-corrected chi connectivity index (χ3v) is 9.49. The Morgan fingerprint density at radius 1 is 1.24 bits per heavy atom. The van der Waals surface area contributed by atoms with Crippen LogP contribution in [-0.4, -0.2) is 60.4 Å². The van der Waals surface area contributed by atoms with Crippen LogP contribution < -0.4 is 5.73 Å². The normalized spacial score (nSPS) is 18.6. The van der Waals surface area contributed by atoms with Crippen LogP contribution in [0.2, 0.25) is 0 Å². The number of hydrogen-bond donors (Lipinski definition) is 1. The van der Waals surface area contributed by atoms with Crippen LogP contribution in [0, 0.1) is 17.0 Å². The topological polar surface area (TPSA) is 85.2 Å². The van der Waals surface area contributed by atoms with Crippen molar-refractivity contribution in [2.24, 2.45) is 5.41 Å². The van der Waals surface area contributed by atoms with Crippen molar-refractivity contribution < 1.29 is 13.6 Å². The van der Waals surface area contributed by atoms with Crippen molar-refractivity contribution in [3.05, 3.63) is 63.9 Å². The zero-order valence-corrected chi connectivity index (χ0v) is 25.3. The zero-order valence-electron chi connectivity index (χ0n) is 23.7. The number of carbonyl (C=O) groups is 1. The molecule has 1 fully saturated rings. The number of anilines is 1. The first-order valence-corrected chi connectivity index (χ1v) is 14.7. The summed E-state index contributed by atoms with van der Waals surface area (Å²) in [6, 6.07) is 9.85. The van der Waals surface area contributed by atoms with E-state index in [0.717, 1.165) is 31.1 Å². The number of rotatable bonds is 6. The minimum atomic E-state index is -0.872. The number of likely N-dealkylation sites (tertiary alicyclic amines) is 1. The van der Waals surface area contributed by atoms with E-state index >= 15 is 0 Å². The number of nitrogens with zero attached hydrogens (tertiary/aromatic N) is 6. The molecule has 1 amide bonds. The second-order valence-corrected chi connectivity index (χ2v) is 12.9. The summed E-state index contributed by atoms with van der Waals surface area (Å²) in [6.07, 6.45) is 2.53. The SMILES string of the molecule is CC(C)N1CCc2c(c3ccccc3n2CC(=O)N2CC(C)(C)C2Cn2cc(-c3cc(F)c(Br)c(F)c3N)nn2)C1. The number of benzene rings is 2. The van der Waals surface area contributed by atoms with Crippen molar-refractivity contribution in [2.45, 2.75) is 65.8 Å². The van der Waals surface area contributed by atoms with Gasteiger partial charge in [-0.15, -0.1) is 5.10 Å². The molecule has 1 unspecified atom stereocenters. The molecular weight excluding hydrogens is 592 g/mol. The highest BCUT2D eigenvalue weighted by atomic mass is 79.9. The van der Waals surface area contributed by atoms with Gasteiger partial charge in [0.25, 0.3) is 0 Å². The number of para-hydroxylation sites is 1. The third-order valence-electron chi connectivity index (χ3n) is 8.77. The Hall–Kier alpha value is -3.31. The van der Waals surface area contributed by atoms with Gasteiger partial charge in [-0.25, -0.2) is 13.5 Å². The Balaban J connectivity index is 1.24. The molecule has 0 aliphatic carbocycles. The van der Waals surface area contributed by atoms with Crippen molar-refractivity contribution in [3.63, 3.8) is 0 Å². The summed E-state index contributed by atoms with van der Waals surface area (Å²) < 4.78 is 32.1. The van der Waals surface area contributed by atoms with Crippen molar-refractivity contribution in [1.82, 2.24) is 29.4 Å². The minimum absolute atomic E-state index is 0.0609. The van der Waals surface area contributed by atoms with Gasteiger partial charge in [0.15, 0.2) is 5.82 Å². The van der Waals surface area contributed by atoms with E-state index in [9.17, 15) is 13.6 Å². The molecule has 2 aromatic heterocycles. The van der Waals surface area contributed by atoms with Gasteiger partial charge in [0.1, 0.15) is 18.1 Å². The van der Waals surface area contributed by atoms with Gasteiger partial charge in [-0.3, -0.25) is 9.69 Å². The van der Waals surface area contributed by atoms with E-state index < -0.39 is 11.6 Å². The van der Waals surface area contributed by atoms with Crippen molar-refractivity contribution >= 4 is 38.4 Å². The molecule has 2 aromatic carbocycles. The van der Waals surface area contributed by atoms with Gasteiger partial charge < -0.3 is 15.2 Å². The van der Waals surface area contributed by atoms with Crippen molar-refractivity contribution in [1.29, 1.82) is 0 Å². The average molecular weight is 627 g/mol. The van der Waals surface area contributed by atoms with Gasteiger partial charge in [0, 0.05) is 59.7 Å². The number of carbonyl (C=O) groups excluding carboxylic acids is 1. The van der Waals surface area contributed by atoms with E-state index in [4.69, 9.17) is 5.73 Å². The molecule has 4 aromatic rings. The van der Waals surface area contributed by atoms with Crippen LogP contribution in [0.3, 0.4) is 0 Å². The Morgan fingerprint density at radius 3 is 2.73 bits per heavy atom. The number of fused-ring (bicyclic) bond motifs is 3. The lowest BCUT2D eigenvalue weighted by molar-refractivity contribution is -0.153. The fourth-order valence-corrected chi connectivity index (χ4v) is 6.68. The van der Waals surface area contributed by atoms with E-state index in [0.29, 0.717) is 19.1 Å². The molecule has 4 heterocycles. The molecule has 2 aliphatic rings. The number of amides is 1. The van der Waals surface area contributed by atoms with Crippen LogP contribution in [0.5, 0.6) is 0 Å². The largest absolute Gasteiger partial charge is 0.396 e. The lowest BCUT2D eigenvalue weighted by atomic mass is 9.74. The second kappa shape index (κ2) is 10.2. The van der Waals surface area contributed by atoms with Crippen LogP contribution in [0.4, 0.5) is 14.5 Å². The van der Waals surface area contributed by atoms with Crippen LogP contribution in [-0.2, 0) is 30.8 Å². The highest BCUT2D eigenvalue weighted by Crippen LogP contribution is 2.39. The molecule has 6 rings (SSSR count). The van der Waals surface area contributed by atoms with Gasteiger partial charge in [-0.1, -0.05) is 37.3 Å². The monoisotopic (exact) mass is 625 g/mol. The van der Waals surface area contributed by atoms with Crippen LogP contribution in [0.25, 0.3) is 22.2 Å². The van der Waals surface area contributed by atoms with E-state index in [2.05, 4.69) is 81.6 Å². The van der Waals surface area contributed by atoms with Crippen LogP contribution >= 0.6 is 15.9 Å². The predicted molar refractivity (Wildman–Crippen MR) is 158 cm³/mol. The van der Waals surface area contributed by atoms with Crippen molar-refractivity contribution in [3.8, 4) is 11.3 Å². The Kier molecular flexibility index (Phi) is 6.93. The van der Waals surface area contributed by atoms with E-state index in [1.165, 1.54) is 16.6 Å². The first-order valence-electron chi connectivity index (χ1n) is 13.9. The van der Waals surface area contributed by atoms with Gasteiger partial charge in [-0.2, -0.15) is 0 Å². The van der Waals surface area contributed by atoms with Gasteiger partial charge >= 0.3 is 0 Å². The third kappa shape index (κ3) is 4.72. The summed E-state index contributed by atoms with van der Waals surface area (Å²) in [7, 11) is 0. The quantitative estimate of drug-likeness (QED) is 0.234. The number of nitrogens with two attached hydrogens (primary N) is 1. The Labute approximate surface area is 246 Å². The van der Waals surface area contributed by atoms with Gasteiger partial charge in [-0.05, 0) is 47.5 Å². The van der Waals surface area contributed by atoms with E-state index in [-0.39, 0.29) is 45.3 Å². The van der Waals surface area contributed by atoms with E-state index in [1.54, 1.807) is 10.9 Å². The lowest BCUT2D eigenvalue weighted by Crippen LogP contribution is -2.65. The summed E-state index contributed by atoms with van der Waals surface area (Å²) in [6.45, 7) is 11.9.